The third-order valence-electron chi connectivity index (χ3n) is 3.76. The van der Waals surface area contributed by atoms with Gasteiger partial charge in [0, 0.05) is 10.0 Å². The Morgan fingerprint density at radius 3 is 2.48 bits per heavy atom. The van der Waals surface area contributed by atoms with Gasteiger partial charge in [0.15, 0.2) is 11.5 Å². The van der Waals surface area contributed by atoms with E-state index in [1.54, 1.807) is 36.4 Å². The largest absolute Gasteiger partial charge is 0.490 e. The quantitative estimate of drug-likeness (QED) is 0.607. The van der Waals surface area contributed by atoms with Crippen molar-refractivity contribution in [3.8, 4) is 11.5 Å². The number of hydrogen-bond donors (Lipinski definition) is 1. The highest BCUT2D eigenvalue weighted by atomic mass is 79.9. The summed E-state index contributed by atoms with van der Waals surface area (Å²) < 4.78 is 12.7. The van der Waals surface area contributed by atoms with Crippen LogP contribution in [0.2, 0.25) is 0 Å². The molecule has 0 saturated carbocycles. The Kier molecular flexibility index (Phi) is 5.75. The second-order valence-corrected chi connectivity index (χ2v) is 6.38. The molecule has 1 aromatic heterocycles. The van der Waals surface area contributed by atoms with Gasteiger partial charge in [0.05, 0.1) is 30.3 Å². The van der Waals surface area contributed by atoms with Gasteiger partial charge < -0.3 is 14.5 Å². The van der Waals surface area contributed by atoms with Crippen LogP contribution in [0.3, 0.4) is 0 Å². The lowest BCUT2D eigenvalue weighted by atomic mass is 10.2. The minimum absolute atomic E-state index is 0.384. The standard InChI is InChI=1S/C19H18BrN3O4/c1-3-26-16-9-12(14(20)10-17(16)27-4-2)11-21-23-18(24)13-7-5-6-8-15(13)22-19(23)25/h5-11H,3-4H2,1-2H3,(H,22,25). The lowest BCUT2D eigenvalue weighted by Gasteiger charge is -2.12. The zero-order chi connectivity index (χ0) is 19.4. The fourth-order valence-corrected chi connectivity index (χ4v) is 2.99. The number of fused-ring (bicyclic) bond motifs is 1. The third-order valence-corrected chi connectivity index (χ3v) is 4.45. The second kappa shape index (κ2) is 8.22. The summed E-state index contributed by atoms with van der Waals surface area (Å²) in [7, 11) is 0. The van der Waals surface area contributed by atoms with Gasteiger partial charge in [0.25, 0.3) is 5.56 Å². The number of nitrogens with zero attached hydrogens (tertiary/aromatic N) is 2. The molecule has 0 aliphatic heterocycles. The molecule has 0 radical (unpaired) electrons. The smallest absolute Gasteiger partial charge is 0.349 e. The first-order valence-electron chi connectivity index (χ1n) is 8.42. The molecule has 0 atom stereocenters. The molecule has 0 fully saturated rings. The van der Waals surface area contributed by atoms with E-state index in [1.165, 1.54) is 6.21 Å². The van der Waals surface area contributed by atoms with Crippen LogP contribution in [0.25, 0.3) is 10.9 Å². The molecule has 0 saturated heterocycles. The van der Waals surface area contributed by atoms with Gasteiger partial charge in [0.1, 0.15) is 0 Å². The zero-order valence-electron chi connectivity index (χ0n) is 14.9. The monoisotopic (exact) mass is 431 g/mol. The molecule has 140 valence electrons. The normalized spacial score (nSPS) is 11.2. The number of hydrogen-bond acceptors (Lipinski definition) is 5. The van der Waals surface area contributed by atoms with Crippen molar-refractivity contribution in [3.05, 3.63) is 67.3 Å². The van der Waals surface area contributed by atoms with E-state index in [4.69, 9.17) is 9.47 Å². The average molecular weight is 432 g/mol. The van der Waals surface area contributed by atoms with E-state index in [2.05, 4.69) is 26.0 Å². The van der Waals surface area contributed by atoms with E-state index in [-0.39, 0.29) is 0 Å². The first-order chi connectivity index (χ1) is 13.0. The maximum absolute atomic E-state index is 12.5. The molecule has 0 amide bonds. The van der Waals surface area contributed by atoms with Crippen molar-refractivity contribution in [3.63, 3.8) is 0 Å². The Morgan fingerprint density at radius 2 is 1.78 bits per heavy atom. The average Bonchev–Trinajstić information content (AvgIpc) is 2.65. The first kappa shape index (κ1) is 18.9. The fraction of sp³-hybridized carbons (Fsp3) is 0.211. The van der Waals surface area contributed by atoms with E-state index in [1.807, 2.05) is 13.8 Å². The first-order valence-corrected chi connectivity index (χ1v) is 9.22. The van der Waals surface area contributed by atoms with Gasteiger partial charge in [-0.2, -0.15) is 5.10 Å². The summed E-state index contributed by atoms with van der Waals surface area (Å²) in [6.07, 6.45) is 1.42. The SMILES string of the molecule is CCOc1cc(Br)c(C=Nn2c(=O)[nH]c3ccccc3c2=O)cc1OCC. The summed E-state index contributed by atoms with van der Waals surface area (Å²) in [5.41, 5.74) is 0.0147. The lowest BCUT2D eigenvalue weighted by Crippen LogP contribution is -2.32. The predicted octanol–water partition coefficient (Wildman–Crippen LogP) is 3.13. The number of nitrogens with one attached hydrogen (secondary N) is 1. The molecule has 27 heavy (non-hydrogen) atoms. The second-order valence-electron chi connectivity index (χ2n) is 5.52. The van der Waals surface area contributed by atoms with E-state index in [9.17, 15) is 9.59 Å². The Bertz CT molecular complexity index is 1120. The number of aromatic amines is 1. The van der Waals surface area contributed by atoms with Gasteiger partial charge in [-0.1, -0.05) is 12.1 Å². The van der Waals surface area contributed by atoms with Gasteiger partial charge >= 0.3 is 5.69 Å². The minimum Gasteiger partial charge on any atom is -0.490 e. The summed E-state index contributed by atoms with van der Waals surface area (Å²) in [4.78, 5) is 27.4. The third kappa shape index (κ3) is 3.95. The molecule has 0 spiro atoms. The van der Waals surface area contributed by atoms with Crippen LogP contribution in [-0.4, -0.2) is 29.1 Å². The fourth-order valence-electron chi connectivity index (χ4n) is 2.56. The van der Waals surface area contributed by atoms with E-state index in [0.717, 1.165) is 4.68 Å². The van der Waals surface area contributed by atoms with E-state index < -0.39 is 11.2 Å². The summed E-state index contributed by atoms with van der Waals surface area (Å²) in [5, 5.41) is 4.46. The summed E-state index contributed by atoms with van der Waals surface area (Å²) >= 11 is 3.45. The molecule has 0 unspecified atom stereocenters. The number of rotatable bonds is 6. The molecule has 7 nitrogen and oxygen atoms in total. The van der Waals surface area contributed by atoms with Crippen molar-refractivity contribution in [1.82, 2.24) is 9.66 Å². The maximum Gasteiger partial charge on any atom is 0.349 e. The van der Waals surface area contributed by atoms with Crippen LogP contribution >= 0.6 is 15.9 Å². The van der Waals surface area contributed by atoms with E-state index >= 15 is 0 Å². The summed E-state index contributed by atoms with van der Waals surface area (Å²) in [6, 6.07) is 10.3. The van der Waals surface area contributed by atoms with Crippen molar-refractivity contribution in [2.75, 3.05) is 13.2 Å². The molecule has 8 heteroatoms. The van der Waals surface area contributed by atoms with Gasteiger partial charge in [-0.3, -0.25) is 4.79 Å². The van der Waals surface area contributed by atoms with Crippen molar-refractivity contribution in [1.29, 1.82) is 0 Å². The molecule has 2 aromatic carbocycles. The van der Waals surface area contributed by atoms with Crippen LogP contribution in [-0.2, 0) is 0 Å². The number of ether oxygens (including phenoxy) is 2. The molecule has 1 N–H and O–H groups in total. The number of aromatic nitrogens is 2. The predicted molar refractivity (Wildman–Crippen MR) is 108 cm³/mol. The van der Waals surface area contributed by atoms with Crippen molar-refractivity contribution in [2.45, 2.75) is 13.8 Å². The zero-order valence-corrected chi connectivity index (χ0v) is 16.4. The number of halogens is 1. The molecule has 3 aromatic rings. The highest BCUT2D eigenvalue weighted by Crippen LogP contribution is 2.33. The molecule has 0 aliphatic carbocycles. The van der Waals surface area contributed by atoms with Crippen LogP contribution in [0, 0.1) is 0 Å². The Hall–Kier alpha value is -2.87. The molecule has 3 rings (SSSR count). The topological polar surface area (TPSA) is 85.7 Å². The van der Waals surface area contributed by atoms with Crippen LogP contribution in [0.1, 0.15) is 19.4 Å². The Balaban J connectivity index is 2.06. The molecule has 1 heterocycles. The van der Waals surface area contributed by atoms with Gasteiger partial charge in [0.2, 0.25) is 0 Å². The van der Waals surface area contributed by atoms with Crippen molar-refractivity contribution < 1.29 is 9.47 Å². The summed E-state index contributed by atoms with van der Waals surface area (Å²) in [5.74, 6) is 1.16. The highest BCUT2D eigenvalue weighted by Gasteiger charge is 2.10. The van der Waals surface area contributed by atoms with Gasteiger partial charge in [-0.25, -0.2) is 4.79 Å². The Morgan fingerprint density at radius 1 is 1.11 bits per heavy atom. The number of H-pyrrole nitrogens is 1. The van der Waals surface area contributed by atoms with Crippen molar-refractivity contribution >= 4 is 33.0 Å². The maximum atomic E-state index is 12.5. The number of benzene rings is 2. The highest BCUT2D eigenvalue weighted by molar-refractivity contribution is 9.10. The van der Waals surface area contributed by atoms with Crippen molar-refractivity contribution in [2.24, 2.45) is 5.10 Å². The molecule has 0 bridgehead atoms. The van der Waals surface area contributed by atoms with E-state index in [0.29, 0.717) is 45.7 Å². The number of para-hydroxylation sites is 1. The van der Waals surface area contributed by atoms with Crippen LogP contribution in [0.15, 0.2) is 55.6 Å². The minimum atomic E-state index is -0.609. The van der Waals surface area contributed by atoms with Gasteiger partial charge in [-0.05, 0) is 54.0 Å². The molecular weight excluding hydrogens is 414 g/mol. The van der Waals surface area contributed by atoms with Crippen LogP contribution < -0.4 is 20.7 Å². The van der Waals surface area contributed by atoms with Crippen LogP contribution in [0.5, 0.6) is 11.5 Å². The van der Waals surface area contributed by atoms with Crippen LogP contribution in [0.4, 0.5) is 0 Å². The molecular formula is C19H18BrN3O4. The Labute approximate surface area is 163 Å². The summed E-state index contributed by atoms with van der Waals surface area (Å²) in [6.45, 7) is 4.74. The lowest BCUT2D eigenvalue weighted by molar-refractivity contribution is 0.287. The molecule has 0 aliphatic rings. The van der Waals surface area contributed by atoms with Gasteiger partial charge in [-0.15, -0.1) is 4.68 Å².